The van der Waals surface area contributed by atoms with Crippen molar-refractivity contribution in [3.8, 4) is 0 Å². The minimum Gasteiger partial charge on any atom is -0.323 e. The SMILES string of the molecule is CC(C)[C@@H]1CC[C@@H](C)CC12OOCOCOO2. The molecule has 0 unspecified atom stereocenters. The summed E-state index contributed by atoms with van der Waals surface area (Å²) in [4.78, 5) is 21.1. The molecule has 0 aromatic carbocycles. The molecule has 0 bridgehead atoms. The van der Waals surface area contributed by atoms with Gasteiger partial charge in [-0.2, -0.15) is 9.78 Å². The van der Waals surface area contributed by atoms with Gasteiger partial charge in [-0.3, -0.25) is 0 Å². The lowest BCUT2D eigenvalue weighted by Crippen LogP contribution is -2.50. The molecule has 0 N–H and O–H groups in total. The van der Waals surface area contributed by atoms with Crippen molar-refractivity contribution in [3.05, 3.63) is 0 Å². The zero-order valence-electron chi connectivity index (χ0n) is 10.8. The molecule has 0 radical (unpaired) electrons. The Bertz CT molecular complexity index is 235. The summed E-state index contributed by atoms with van der Waals surface area (Å²) in [6.45, 7) is 6.68. The summed E-state index contributed by atoms with van der Waals surface area (Å²) in [5.41, 5.74) is 0. The molecule has 1 saturated carbocycles. The fourth-order valence-electron chi connectivity index (χ4n) is 2.82. The van der Waals surface area contributed by atoms with Crippen LogP contribution in [0.3, 0.4) is 0 Å². The van der Waals surface area contributed by atoms with E-state index in [0.29, 0.717) is 11.8 Å². The monoisotopic (exact) mass is 246 g/mol. The van der Waals surface area contributed by atoms with Gasteiger partial charge in [0.1, 0.15) is 0 Å². The quantitative estimate of drug-likeness (QED) is 0.665. The van der Waals surface area contributed by atoms with Gasteiger partial charge in [0.2, 0.25) is 5.79 Å². The number of hydrogen-bond donors (Lipinski definition) is 0. The van der Waals surface area contributed by atoms with E-state index in [0.717, 1.165) is 12.8 Å². The van der Waals surface area contributed by atoms with Crippen LogP contribution in [0.1, 0.15) is 40.0 Å². The zero-order chi connectivity index (χ0) is 12.3. The molecule has 2 aliphatic rings. The highest BCUT2D eigenvalue weighted by Crippen LogP contribution is 2.44. The molecule has 1 saturated heterocycles. The standard InChI is InChI=1S/C12H22O5/c1-9(2)11-5-4-10(3)6-12(11)16-14-7-13-8-15-17-12/h9-11H,4-8H2,1-3H3/t10-,11+/m1/s1. The second-order valence-electron chi connectivity index (χ2n) is 5.39. The van der Waals surface area contributed by atoms with Crippen molar-refractivity contribution in [1.82, 2.24) is 0 Å². The predicted molar refractivity (Wildman–Crippen MR) is 59.2 cm³/mol. The molecule has 5 nitrogen and oxygen atoms in total. The van der Waals surface area contributed by atoms with Crippen molar-refractivity contribution >= 4 is 0 Å². The van der Waals surface area contributed by atoms with Gasteiger partial charge in [-0.25, -0.2) is 9.78 Å². The van der Waals surface area contributed by atoms with Crippen LogP contribution >= 0.6 is 0 Å². The summed E-state index contributed by atoms with van der Waals surface area (Å²) < 4.78 is 4.94. The molecule has 1 aliphatic heterocycles. The first-order valence-electron chi connectivity index (χ1n) is 6.33. The van der Waals surface area contributed by atoms with E-state index >= 15 is 0 Å². The van der Waals surface area contributed by atoms with E-state index in [-0.39, 0.29) is 19.5 Å². The molecule has 5 heteroatoms. The Morgan fingerprint density at radius 3 is 2.29 bits per heavy atom. The smallest absolute Gasteiger partial charge is 0.237 e. The van der Waals surface area contributed by atoms with Crippen molar-refractivity contribution in [3.63, 3.8) is 0 Å². The van der Waals surface area contributed by atoms with Crippen LogP contribution in [0.5, 0.6) is 0 Å². The Hall–Kier alpha value is -0.200. The molecule has 2 atom stereocenters. The average molecular weight is 246 g/mol. The lowest BCUT2D eigenvalue weighted by molar-refractivity contribution is -0.572. The minimum atomic E-state index is -0.782. The first kappa shape index (κ1) is 13.2. The van der Waals surface area contributed by atoms with E-state index < -0.39 is 5.79 Å². The van der Waals surface area contributed by atoms with Gasteiger partial charge in [0.25, 0.3) is 0 Å². The van der Waals surface area contributed by atoms with Gasteiger partial charge in [0.15, 0.2) is 13.6 Å². The van der Waals surface area contributed by atoms with Gasteiger partial charge in [-0.05, 0) is 18.3 Å². The zero-order valence-corrected chi connectivity index (χ0v) is 10.8. The van der Waals surface area contributed by atoms with Gasteiger partial charge in [-0.1, -0.05) is 27.2 Å². The largest absolute Gasteiger partial charge is 0.323 e. The Kier molecular flexibility index (Phi) is 4.38. The van der Waals surface area contributed by atoms with Crippen molar-refractivity contribution in [2.75, 3.05) is 13.6 Å². The summed E-state index contributed by atoms with van der Waals surface area (Å²) in [7, 11) is 0. The predicted octanol–water partition coefficient (Wildman–Crippen LogP) is 2.62. The van der Waals surface area contributed by atoms with E-state index in [9.17, 15) is 0 Å². The van der Waals surface area contributed by atoms with Gasteiger partial charge >= 0.3 is 0 Å². The highest BCUT2D eigenvalue weighted by Gasteiger charge is 2.49. The first-order chi connectivity index (χ1) is 8.14. The number of ether oxygens (including phenoxy) is 1. The van der Waals surface area contributed by atoms with Gasteiger partial charge in [0.05, 0.1) is 0 Å². The second-order valence-corrected chi connectivity index (χ2v) is 5.39. The summed E-state index contributed by atoms with van der Waals surface area (Å²) in [6, 6.07) is 0. The second kappa shape index (κ2) is 5.63. The topological polar surface area (TPSA) is 46.2 Å². The Balaban J connectivity index is 2.13. The van der Waals surface area contributed by atoms with Crippen LogP contribution in [-0.2, 0) is 24.3 Å². The highest BCUT2D eigenvalue weighted by atomic mass is 17.3. The first-order valence-corrected chi connectivity index (χ1v) is 6.33. The van der Waals surface area contributed by atoms with E-state index in [1.54, 1.807) is 0 Å². The van der Waals surface area contributed by atoms with Gasteiger partial charge < -0.3 is 4.74 Å². The molecule has 2 rings (SSSR count). The van der Waals surface area contributed by atoms with Gasteiger partial charge in [-0.15, -0.1) is 0 Å². The van der Waals surface area contributed by atoms with Crippen LogP contribution in [0.15, 0.2) is 0 Å². The van der Waals surface area contributed by atoms with Crippen molar-refractivity contribution < 1.29 is 24.3 Å². The molecule has 0 amide bonds. The maximum absolute atomic E-state index is 5.48. The third kappa shape index (κ3) is 2.98. The fraction of sp³-hybridized carbons (Fsp3) is 1.00. The average Bonchev–Trinajstić information content (AvgIpc) is 2.23. The number of hydrogen-bond acceptors (Lipinski definition) is 5. The summed E-state index contributed by atoms with van der Waals surface area (Å²) in [5, 5.41) is 0. The summed E-state index contributed by atoms with van der Waals surface area (Å²) >= 11 is 0. The van der Waals surface area contributed by atoms with Crippen LogP contribution in [0.2, 0.25) is 0 Å². The van der Waals surface area contributed by atoms with Crippen LogP contribution < -0.4 is 0 Å². The van der Waals surface area contributed by atoms with Crippen molar-refractivity contribution in [2.24, 2.45) is 17.8 Å². The summed E-state index contributed by atoms with van der Waals surface area (Å²) in [6.07, 6.45) is 3.04. The van der Waals surface area contributed by atoms with E-state index in [2.05, 4.69) is 20.8 Å². The molecule has 100 valence electrons. The van der Waals surface area contributed by atoms with Gasteiger partial charge in [0, 0.05) is 12.3 Å². The Labute approximate surface area is 102 Å². The molecule has 0 aromatic heterocycles. The van der Waals surface area contributed by atoms with E-state index in [1.807, 2.05) is 0 Å². The van der Waals surface area contributed by atoms with Crippen LogP contribution in [0.4, 0.5) is 0 Å². The van der Waals surface area contributed by atoms with Crippen molar-refractivity contribution in [2.45, 2.75) is 45.8 Å². The third-order valence-corrected chi connectivity index (χ3v) is 3.64. The van der Waals surface area contributed by atoms with Crippen LogP contribution in [0.25, 0.3) is 0 Å². The highest BCUT2D eigenvalue weighted by molar-refractivity contribution is 4.87. The fourth-order valence-corrected chi connectivity index (χ4v) is 2.82. The molecule has 1 aliphatic carbocycles. The maximum atomic E-state index is 5.48. The molecule has 1 spiro atoms. The molecule has 2 fully saturated rings. The molecule has 0 aromatic rings. The third-order valence-electron chi connectivity index (χ3n) is 3.64. The summed E-state index contributed by atoms with van der Waals surface area (Å²) in [5.74, 6) is 0.486. The molecular formula is C12H22O5. The van der Waals surface area contributed by atoms with Crippen molar-refractivity contribution in [1.29, 1.82) is 0 Å². The van der Waals surface area contributed by atoms with E-state index in [1.165, 1.54) is 6.42 Å². The maximum Gasteiger partial charge on any atom is 0.237 e. The normalized spacial score (nSPS) is 34.6. The molecule has 1 heterocycles. The molecule has 17 heavy (non-hydrogen) atoms. The van der Waals surface area contributed by atoms with Crippen LogP contribution in [-0.4, -0.2) is 19.4 Å². The number of rotatable bonds is 1. The lowest BCUT2D eigenvalue weighted by atomic mass is 9.73. The molecular weight excluding hydrogens is 224 g/mol. The van der Waals surface area contributed by atoms with Crippen LogP contribution in [0, 0.1) is 17.8 Å². The minimum absolute atomic E-state index is 0.0737. The lowest BCUT2D eigenvalue weighted by Gasteiger charge is -2.44. The Morgan fingerprint density at radius 1 is 1.06 bits per heavy atom. The van der Waals surface area contributed by atoms with E-state index in [4.69, 9.17) is 24.3 Å². The Morgan fingerprint density at radius 2 is 1.71 bits per heavy atom.